The number of rotatable bonds is 4. The molecule has 0 bridgehead atoms. The molecule has 0 fully saturated rings. The molecule has 0 radical (unpaired) electrons. The molecule has 0 aliphatic rings. The molecule has 0 aliphatic carbocycles. The molecule has 0 N–H and O–H groups in total. The topological polar surface area (TPSA) is 25.8 Å². The first kappa shape index (κ1) is 15.7. The van der Waals surface area contributed by atoms with E-state index in [1.54, 1.807) is 41.9 Å². The molecule has 0 atom stereocenters. The maximum absolute atomic E-state index is 8.74. The molecule has 154 valence electrons. The predicted octanol–water partition coefficient (Wildman–Crippen LogP) is 7.69. The van der Waals surface area contributed by atoms with Gasteiger partial charge in [0, 0.05) is 38.9 Å². The van der Waals surface area contributed by atoms with Crippen molar-refractivity contribution in [3.05, 3.63) is 95.8 Å². The number of pyridine rings is 2. The second-order valence-electron chi connectivity index (χ2n) is 8.69. The standard InChI is InChI=1S/C28H26N2S/c1-28(2,3)17-20-11-12-29-25(15-20)22-9-10-26-23(16-22)24-14-21(18-30-27(24)31-26)13-19-7-5-4-6-8-19/h4-12,14-16,18H,13,17H2,1-3H3/i13D2,17D2. The average molecular weight is 427 g/mol. The Balaban J connectivity index is 1.62. The van der Waals surface area contributed by atoms with Gasteiger partial charge in [-0.25, -0.2) is 4.98 Å². The fourth-order valence-electron chi connectivity index (χ4n) is 3.68. The van der Waals surface area contributed by atoms with E-state index in [0.29, 0.717) is 22.4 Å². The lowest BCUT2D eigenvalue weighted by molar-refractivity contribution is 0.411. The normalized spacial score (nSPS) is 14.8. The molecule has 0 saturated carbocycles. The molecule has 3 heterocycles. The zero-order chi connectivity index (χ0) is 25.0. The molecule has 31 heavy (non-hydrogen) atoms. The van der Waals surface area contributed by atoms with Crippen molar-refractivity contribution >= 4 is 31.6 Å². The third kappa shape index (κ3) is 4.38. The van der Waals surface area contributed by atoms with Crippen LogP contribution in [0.2, 0.25) is 0 Å². The second kappa shape index (κ2) is 7.90. The molecule has 2 nitrogen and oxygen atoms in total. The Morgan fingerprint density at radius 1 is 0.839 bits per heavy atom. The molecule has 3 heteroatoms. The van der Waals surface area contributed by atoms with Crippen LogP contribution in [0.5, 0.6) is 0 Å². The van der Waals surface area contributed by atoms with Crippen LogP contribution in [0.15, 0.2) is 79.1 Å². The second-order valence-corrected chi connectivity index (χ2v) is 9.72. The minimum Gasteiger partial charge on any atom is -0.256 e. The number of benzene rings is 2. The maximum Gasteiger partial charge on any atom is 0.124 e. The van der Waals surface area contributed by atoms with Crippen molar-refractivity contribution in [3.8, 4) is 11.3 Å². The van der Waals surface area contributed by atoms with Crippen LogP contribution >= 0.6 is 11.3 Å². The Morgan fingerprint density at radius 3 is 2.48 bits per heavy atom. The molecule has 0 saturated heterocycles. The fraction of sp³-hybridized carbons (Fsp3) is 0.214. The molecule has 0 spiro atoms. The van der Waals surface area contributed by atoms with Crippen LogP contribution in [0.25, 0.3) is 31.6 Å². The van der Waals surface area contributed by atoms with E-state index in [9.17, 15) is 0 Å². The summed E-state index contributed by atoms with van der Waals surface area (Å²) in [5, 5.41) is 1.90. The van der Waals surface area contributed by atoms with E-state index in [2.05, 4.69) is 16.0 Å². The highest BCUT2D eigenvalue weighted by atomic mass is 32.1. The summed E-state index contributed by atoms with van der Waals surface area (Å²) < 4.78 is 35.8. The van der Waals surface area contributed by atoms with E-state index in [1.165, 1.54) is 0 Å². The van der Waals surface area contributed by atoms with Crippen molar-refractivity contribution in [1.29, 1.82) is 0 Å². The van der Waals surface area contributed by atoms with Gasteiger partial charge in [0.1, 0.15) is 4.83 Å². The van der Waals surface area contributed by atoms with Gasteiger partial charge in [0.25, 0.3) is 0 Å². The van der Waals surface area contributed by atoms with Crippen LogP contribution in [-0.4, -0.2) is 9.97 Å². The largest absolute Gasteiger partial charge is 0.256 e. The highest BCUT2D eigenvalue weighted by Crippen LogP contribution is 2.36. The molecular formula is C28H26N2S. The highest BCUT2D eigenvalue weighted by Gasteiger charge is 2.13. The van der Waals surface area contributed by atoms with Gasteiger partial charge >= 0.3 is 0 Å². The minimum absolute atomic E-state index is 0.514. The first-order chi connectivity index (χ1) is 16.5. The van der Waals surface area contributed by atoms with Crippen LogP contribution < -0.4 is 0 Å². The van der Waals surface area contributed by atoms with Crippen molar-refractivity contribution in [3.63, 3.8) is 0 Å². The van der Waals surface area contributed by atoms with E-state index >= 15 is 0 Å². The number of fused-ring (bicyclic) bond motifs is 3. The summed E-state index contributed by atoms with van der Waals surface area (Å²) in [6, 6.07) is 20.7. The van der Waals surface area contributed by atoms with Gasteiger partial charge in [-0.1, -0.05) is 57.2 Å². The molecule has 0 amide bonds. The zero-order valence-electron chi connectivity index (χ0n) is 21.8. The van der Waals surface area contributed by atoms with Crippen molar-refractivity contribution < 1.29 is 5.48 Å². The van der Waals surface area contributed by atoms with Crippen LogP contribution in [-0.2, 0) is 12.7 Å². The molecule has 0 unspecified atom stereocenters. The van der Waals surface area contributed by atoms with E-state index in [0.717, 1.165) is 25.9 Å². The maximum atomic E-state index is 8.74. The Bertz CT molecular complexity index is 1540. The zero-order valence-corrected chi connectivity index (χ0v) is 18.6. The quantitative estimate of drug-likeness (QED) is 0.294. The third-order valence-corrected chi connectivity index (χ3v) is 6.06. The summed E-state index contributed by atoms with van der Waals surface area (Å²) >= 11 is 1.58. The minimum atomic E-state index is -1.66. The van der Waals surface area contributed by atoms with Gasteiger partial charge in [-0.15, -0.1) is 11.3 Å². The number of hydrogen-bond donors (Lipinski definition) is 0. The SMILES string of the molecule is [2H]C([2H])(c1ccccc1)c1cnc2sc3ccc(-c4cc(C([2H])([2H])C(C)(C)C)ccn4)cc3c2c1. The first-order valence-electron chi connectivity index (χ1n) is 12.3. The summed E-state index contributed by atoms with van der Waals surface area (Å²) in [6.07, 6.45) is 0.123. The lowest BCUT2D eigenvalue weighted by Crippen LogP contribution is -2.09. The van der Waals surface area contributed by atoms with Gasteiger partial charge in [-0.2, -0.15) is 0 Å². The molecule has 2 aromatic carbocycles. The fourth-order valence-corrected chi connectivity index (χ4v) is 4.68. The summed E-state index contributed by atoms with van der Waals surface area (Å²) in [7, 11) is 0. The highest BCUT2D eigenvalue weighted by molar-refractivity contribution is 7.25. The van der Waals surface area contributed by atoms with Crippen LogP contribution in [0.4, 0.5) is 0 Å². The lowest BCUT2D eigenvalue weighted by atomic mass is 9.88. The van der Waals surface area contributed by atoms with E-state index in [-0.39, 0.29) is 0 Å². The van der Waals surface area contributed by atoms with Gasteiger partial charge in [-0.05, 0) is 65.2 Å². The summed E-state index contributed by atoms with van der Waals surface area (Å²) in [4.78, 5) is 9.99. The average Bonchev–Trinajstić information content (AvgIpc) is 3.21. The van der Waals surface area contributed by atoms with Crippen LogP contribution in [0.3, 0.4) is 0 Å². The third-order valence-electron chi connectivity index (χ3n) is 4.97. The van der Waals surface area contributed by atoms with Crippen LogP contribution in [0, 0.1) is 5.41 Å². The predicted molar refractivity (Wildman–Crippen MR) is 133 cm³/mol. The van der Waals surface area contributed by atoms with Crippen molar-refractivity contribution in [1.82, 2.24) is 9.97 Å². The Kier molecular flexibility index (Phi) is 4.00. The van der Waals surface area contributed by atoms with Crippen LogP contribution in [0.1, 0.15) is 42.9 Å². The van der Waals surface area contributed by atoms with Gasteiger partial charge < -0.3 is 0 Å². The van der Waals surface area contributed by atoms with E-state index in [1.807, 2.05) is 63.2 Å². The van der Waals surface area contributed by atoms with Gasteiger partial charge in [0.2, 0.25) is 0 Å². The summed E-state index contributed by atoms with van der Waals surface area (Å²) in [5.41, 5.74) is 2.75. The smallest absolute Gasteiger partial charge is 0.124 e. The Hall–Kier alpha value is -3.04. The molecule has 3 aromatic heterocycles. The van der Waals surface area contributed by atoms with Crippen molar-refractivity contribution in [2.75, 3.05) is 0 Å². The number of nitrogens with zero attached hydrogens (tertiary/aromatic N) is 2. The summed E-state index contributed by atoms with van der Waals surface area (Å²) in [5.74, 6) is 0. The van der Waals surface area contributed by atoms with E-state index < -0.39 is 18.2 Å². The molecule has 5 rings (SSSR count). The van der Waals surface area contributed by atoms with E-state index in [4.69, 9.17) is 5.48 Å². The number of hydrogen-bond acceptors (Lipinski definition) is 3. The van der Waals surface area contributed by atoms with Gasteiger partial charge in [-0.3, -0.25) is 4.98 Å². The Morgan fingerprint density at radius 2 is 1.68 bits per heavy atom. The van der Waals surface area contributed by atoms with Crippen molar-refractivity contribution in [2.45, 2.75) is 33.5 Å². The Labute approximate surface area is 193 Å². The summed E-state index contributed by atoms with van der Waals surface area (Å²) in [6.45, 7) is 5.69. The van der Waals surface area contributed by atoms with Crippen molar-refractivity contribution in [2.24, 2.45) is 5.41 Å². The van der Waals surface area contributed by atoms with Gasteiger partial charge in [0.05, 0.1) is 5.69 Å². The lowest BCUT2D eigenvalue weighted by Gasteiger charge is -2.18. The molecular weight excluding hydrogens is 396 g/mol. The number of aromatic nitrogens is 2. The first-order valence-corrected chi connectivity index (χ1v) is 11.2. The molecule has 5 aromatic rings. The van der Waals surface area contributed by atoms with Gasteiger partial charge in [0.15, 0.2) is 0 Å². The monoisotopic (exact) mass is 426 g/mol. The molecule has 0 aliphatic heterocycles. The number of thiophene rings is 1.